The molecule has 0 radical (unpaired) electrons. The van der Waals surface area contributed by atoms with Crippen LogP contribution in [0.5, 0.6) is 0 Å². The first-order valence-corrected chi connectivity index (χ1v) is 10.7. The molecule has 0 spiro atoms. The second-order valence-corrected chi connectivity index (χ2v) is 8.63. The first-order chi connectivity index (χ1) is 12.0. The predicted molar refractivity (Wildman–Crippen MR) is 98.8 cm³/mol. The molecule has 1 atom stereocenters. The zero-order chi connectivity index (χ0) is 18.1. The van der Waals surface area contributed by atoms with Crippen LogP contribution in [0.4, 0.5) is 0 Å². The van der Waals surface area contributed by atoms with Crippen molar-refractivity contribution in [2.45, 2.75) is 17.9 Å². The van der Waals surface area contributed by atoms with Crippen LogP contribution in [0.2, 0.25) is 0 Å². The molecule has 0 saturated carbocycles. The summed E-state index contributed by atoms with van der Waals surface area (Å²) in [6, 6.07) is 16.9. The van der Waals surface area contributed by atoms with Crippen molar-refractivity contribution in [1.82, 2.24) is 10.0 Å². The van der Waals surface area contributed by atoms with E-state index in [0.717, 1.165) is 4.46 Å². The zero-order valence-corrected chi connectivity index (χ0v) is 16.1. The van der Waals surface area contributed by atoms with E-state index in [1.54, 1.807) is 18.2 Å². The molecule has 0 fully saturated rings. The minimum atomic E-state index is -3.72. The standard InChI is InChI=1S/C18H18N2O3SSe/c1-15(20-24(22,23)16-9-4-2-5-10-16)18(21)19-13-8-14-25-17-11-6-3-7-12-17/h2-7,9-12,15,20H,13H2,1H3,(H,19,21). The van der Waals surface area contributed by atoms with E-state index in [1.165, 1.54) is 19.1 Å². The molecular formula is C18H18N2O3SSe. The summed E-state index contributed by atoms with van der Waals surface area (Å²) in [5.41, 5.74) is 0. The van der Waals surface area contributed by atoms with E-state index >= 15 is 0 Å². The van der Waals surface area contributed by atoms with Crippen LogP contribution in [0, 0.1) is 10.7 Å². The zero-order valence-electron chi connectivity index (χ0n) is 13.6. The van der Waals surface area contributed by atoms with Gasteiger partial charge in [-0.05, 0) is 0 Å². The van der Waals surface area contributed by atoms with Crippen molar-refractivity contribution in [2.75, 3.05) is 6.54 Å². The van der Waals surface area contributed by atoms with Crippen molar-refractivity contribution in [3.8, 4) is 10.7 Å². The van der Waals surface area contributed by atoms with E-state index in [9.17, 15) is 13.2 Å². The third-order valence-electron chi connectivity index (χ3n) is 3.11. The van der Waals surface area contributed by atoms with Gasteiger partial charge in [0.2, 0.25) is 0 Å². The van der Waals surface area contributed by atoms with E-state index in [4.69, 9.17) is 0 Å². The summed E-state index contributed by atoms with van der Waals surface area (Å²) >= 11 is 0.0342. The number of hydrogen-bond acceptors (Lipinski definition) is 3. The Balaban J connectivity index is 1.81. The van der Waals surface area contributed by atoms with Gasteiger partial charge >= 0.3 is 154 Å². The Hall–Kier alpha value is -2.10. The topological polar surface area (TPSA) is 75.3 Å². The van der Waals surface area contributed by atoms with Crippen molar-refractivity contribution in [3.63, 3.8) is 0 Å². The molecule has 0 bridgehead atoms. The third-order valence-corrected chi connectivity index (χ3v) is 6.25. The van der Waals surface area contributed by atoms with Gasteiger partial charge in [0.05, 0.1) is 0 Å². The monoisotopic (exact) mass is 422 g/mol. The van der Waals surface area contributed by atoms with Gasteiger partial charge in [-0.1, -0.05) is 0 Å². The van der Waals surface area contributed by atoms with Crippen molar-refractivity contribution < 1.29 is 13.2 Å². The van der Waals surface area contributed by atoms with Crippen LogP contribution in [-0.2, 0) is 14.8 Å². The van der Waals surface area contributed by atoms with Gasteiger partial charge in [0.1, 0.15) is 0 Å². The Morgan fingerprint density at radius 2 is 1.68 bits per heavy atom. The van der Waals surface area contributed by atoms with Crippen molar-refractivity contribution in [3.05, 3.63) is 60.7 Å². The number of amides is 1. The van der Waals surface area contributed by atoms with Crippen LogP contribution in [0.1, 0.15) is 6.92 Å². The molecule has 0 aliphatic carbocycles. The molecule has 0 heterocycles. The molecule has 2 aromatic carbocycles. The van der Waals surface area contributed by atoms with Gasteiger partial charge in [-0.3, -0.25) is 0 Å². The molecule has 0 saturated heterocycles. The van der Waals surface area contributed by atoms with E-state index in [2.05, 4.69) is 20.8 Å². The van der Waals surface area contributed by atoms with Gasteiger partial charge in [0, 0.05) is 0 Å². The molecule has 7 heteroatoms. The maximum atomic E-state index is 12.2. The molecule has 1 unspecified atom stereocenters. The molecule has 2 N–H and O–H groups in total. The Labute approximate surface area is 154 Å². The first kappa shape index (κ1) is 19.2. The van der Waals surface area contributed by atoms with Crippen LogP contribution in [0.15, 0.2) is 65.6 Å². The second kappa shape index (κ2) is 9.40. The number of nitrogens with one attached hydrogen (secondary N) is 2. The fraction of sp³-hybridized carbons (Fsp3) is 0.167. The van der Waals surface area contributed by atoms with Gasteiger partial charge in [-0.15, -0.1) is 0 Å². The van der Waals surface area contributed by atoms with Gasteiger partial charge in [0.25, 0.3) is 0 Å². The van der Waals surface area contributed by atoms with Gasteiger partial charge in [-0.2, -0.15) is 0 Å². The second-order valence-electron chi connectivity index (χ2n) is 5.07. The molecule has 1 amide bonds. The number of sulfonamides is 1. The van der Waals surface area contributed by atoms with Crippen LogP contribution in [0.25, 0.3) is 0 Å². The average Bonchev–Trinajstić information content (AvgIpc) is 2.62. The summed E-state index contributed by atoms with van der Waals surface area (Å²) in [7, 11) is -3.72. The normalized spacial score (nSPS) is 11.9. The van der Waals surface area contributed by atoms with Crippen molar-refractivity contribution in [2.24, 2.45) is 0 Å². The van der Waals surface area contributed by atoms with E-state index in [-0.39, 0.29) is 26.4 Å². The van der Waals surface area contributed by atoms with Crippen molar-refractivity contribution in [1.29, 1.82) is 0 Å². The van der Waals surface area contributed by atoms with Gasteiger partial charge in [-0.25, -0.2) is 0 Å². The summed E-state index contributed by atoms with van der Waals surface area (Å²) in [6.07, 6.45) is 0. The van der Waals surface area contributed by atoms with Crippen LogP contribution in [-0.4, -0.2) is 41.9 Å². The Bertz CT molecular complexity index is 859. The molecule has 2 rings (SSSR count). The van der Waals surface area contributed by atoms with Crippen LogP contribution >= 0.6 is 0 Å². The van der Waals surface area contributed by atoms with Gasteiger partial charge < -0.3 is 0 Å². The molecule has 2 aromatic rings. The quantitative estimate of drug-likeness (QED) is 0.526. The van der Waals surface area contributed by atoms with Crippen LogP contribution in [0.3, 0.4) is 0 Å². The van der Waals surface area contributed by atoms with E-state index < -0.39 is 22.0 Å². The Morgan fingerprint density at radius 3 is 2.32 bits per heavy atom. The fourth-order valence-electron chi connectivity index (χ4n) is 1.86. The van der Waals surface area contributed by atoms with Gasteiger partial charge in [0.15, 0.2) is 0 Å². The summed E-state index contributed by atoms with van der Waals surface area (Å²) in [5, 5.41) is 2.61. The maximum absolute atomic E-state index is 12.2. The molecule has 0 aliphatic heterocycles. The van der Waals surface area contributed by atoms with Crippen LogP contribution < -0.4 is 14.5 Å². The molecule has 0 aliphatic rings. The fourth-order valence-corrected chi connectivity index (χ4v) is 4.25. The molecule has 25 heavy (non-hydrogen) atoms. The minimum absolute atomic E-state index is 0.0342. The first-order valence-electron chi connectivity index (χ1n) is 7.54. The molecule has 0 aromatic heterocycles. The summed E-state index contributed by atoms with van der Waals surface area (Å²) in [4.78, 5) is 15.1. The predicted octanol–water partition coefficient (Wildman–Crippen LogP) is 0.460. The number of benzene rings is 2. The third kappa shape index (κ3) is 6.37. The summed E-state index contributed by atoms with van der Waals surface area (Å²) in [5.74, 6) is 2.47. The number of carbonyl (C=O) groups excluding carboxylic acids is 1. The molecule has 5 nitrogen and oxygen atoms in total. The molecular weight excluding hydrogens is 403 g/mol. The summed E-state index contributed by atoms with van der Waals surface area (Å²) in [6.45, 7) is 1.68. The molecule has 130 valence electrons. The van der Waals surface area contributed by atoms with E-state index in [1.807, 2.05) is 30.3 Å². The van der Waals surface area contributed by atoms with E-state index in [0.29, 0.717) is 0 Å². The SMILES string of the molecule is CC(NS(=O)(=O)c1ccccc1)C(=O)NCC#C[Se]c1ccccc1. The number of carbonyl (C=O) groups is 1. The van der Waals surface area contributed by atoms with Crippen molar-refractivity contribution >= 4 is 35.3 Å². The Morgan fingerprint density at radius 1 is 1.08 bits per heavy atom. The average molecular weight is 421 g/mol. The Kier molecular flexibility index (Phi) is 7.23. The number of hydrogen-bond donors (Lipinski definition) is 2. The number of rotatable bonds is 6. The summed E-state index contributed by atoms with van der Waals surface area (Å²) < 4.78 is 27.8.